The Morgan fingerprint density at radius 1 is 1.48 bits per heavy atom. The van der Waals surface area contributed by atoms with Gasteiger partial charge < -0.3 is 15.0 Å². The molecule has 0 bridgehead atoms. The fourth-order valence-electron chi connectivity index (χ4n) is 2.80. The van der Waals surface area contributed by atoms with Crippen LogP contribution in [0.15, 0.2) is 24.4 Å². The highest BCUT2D eigenvalue weighted by Crippen LogP contribution is 2.20. The van der Waals surface area contributed by atoms with Gasteiger partial charge in [0, 0.05) is 31.9 Å². The van der Waals surface area contributed by atoms with Crippen molar-refractivity contribution in [1.82, 2.24) is 15.2 Å². The second-order valence-electron chi connectivity index (χ2n) is 7.32. The van der Waals surface area contributed by atoms with Crippen molar-refractivity contribution in [2.75, 3.05) is 19.6 Å². The number of ether oxygens (including phenoxy) is 1. The molecule has 5 nitrogen and oxygen atoms in total. The number of pyridine rings is 1. The Hall–Kier alpha value is -1.62. The number of hydrogen-bond acceptors (Lipinski definition) is 4. The van der Waals surface area contributed by atoms with E-state index in [-0.39, 0.29) is 12.1 Å². The summed E-state index contributed by atoms with van der Waals surface area (Å²) >= 11 is 0. The predicted molar refractivity (Wildman–Crippen MR) is 91.2 cm³/mol. The normalized spacial score (nSPS) is 20.2. The quantitative estimate of drug-likeness (QED) is 0.924. The fraction of sp³-hybridized carbons (Fsp3) is 0.667. The zero-order valence-corrected chi connectivity index (χ0v) is 14.7. The molecule has 1 fully saturated rings. The van der Waals surface area contributed by atoms with Crippen LogP contribution in [0, 0.1) is 5.92 Å². The lowest BCUT2D eigenvalue weighted by Crippen LogP contribution is -2.45. The first-order chi connectivity index (χ1) is 10.8. The molecule has 1 saturated heterocycles. The van der Waals surface area contributed by atoms with E-state index in [2.05, 4.69) is 17.2 Å². The molecule has 0 saturated carbocycles. The molecule has 2 atom stereocenters. The van der Waals surface area contributed by atoms with Crippen LogP contribution in [0.4, 0.5) is 4.79 Å². The largest absolute Gasteiger partial charge is 0.444 e. The molecule has 5 heteroatoms. The molecule has 1 aliphatic rings. The minimum Gasteiger partial charge on any atom is -0.444 e. The first-order valence-electron chi connectivity index (χ1n) is 8.47. The Balaban J connectivity index is 1.81. The number of rotatable bonds is 4. The molecular formula is C18H29N3O2. The SMILES string of the molecule is C[C@@H](NC[C@@H]1CCCN(C(=O)OC(C)(C)C)C1)c1ccccn1. The molecule has 1 aromatic heterocycles. The van der Waals surface area contributed by atoms with Crippen molar-refractivity contribution in [3.8, 4) is 0 Å². The van der Waals surface area contributed by atoms with Crippen LogP contribution in [0.5, 0.6) is 0 Å². The molecule has 1 amide bonds. The van der Waals surface area contributed by atoms with Gasteiger partial charge in [-0.25, -0.2) is 4.79 Å². The van der Waals surface area contributed by atoms with E-state index in [0.29, 0.717) is 5.92 Å². The maximum atomic E-state index is 12.2. The van der Waals surface area contributed by atoms with Crippen LogP contribution >= 0.6 is 0 Å². The highest BCUT2D eigenvalue weighted by molar-refractivity contribution is 5.68. The third-order valence-electron chi connectivity index (χ3n) is 4.01. The van der Waals surface area contributed by atoms with E-state index in [1.807, 2.05) is 50.1 Å². The van der Waals surface area contributed by atoms with Gasteiger partial charge in [-0.15, -0.1) is 0 Å². The Kier molecular flexibility index (Phi) is 5.99. The number of nitrogens with zero attached hydrogens (tertiary/aromatic N) is 2. The van der Waals surface area contributed by atoms with Gasteiger partial charge in [-0.2, -0.15) is 0 Å². The van der Waals surface area contributed by atoms with Crippen molar-refractivity contribution in [2.24, 2.45) is 5.92 Å². The van der Waals surface area contributed by atoms with Crippen molar-refractivity contribution in [2.45, 2.75) is 52.2 Å². The second kappa shape index (κ2) is 7.77. The molecule has 2 heterocycles. The summed E-state index contributed by atoms with van der Waals surface area (Å²) in [7, 11) is 0. The van der Waals surface area contributed by atoms with Crippen LogP contribution in [0.1, 0.15) is 52.3 Å². The molecule has 1 aliphatic heterocycles. The second-order valence-corrected chi connectivity index (χ2v) is 7.32. The number of nitrogens with one attached hydrogen (secondary N) is 1. The number of carbonyl (C=O) groups is 1. The van der Waals surface area contributed by atoms with Crippen molar-refractivity contribution in [3.05, 3.63) is 30.1 Å². The van der Waals surface area contributed by atoms with E-state index in [0.717, 1.165) is 38.2 Å². The summed E-state index contributed by atoms with van der Waals surface area (Å²) in [5.41, 5.74) is 0.614. The van der Waals surface area contributed by atoms with Crippen LogP contribution in [-0.4, -0.2) is 41.2 Å². The maximum absolute atomic E-state index is 12.2. The zero-order chi connectivity index (χ0) is 16.9. The molecule has 0 spiro atoms. The Labute approximate surface area is 139 Å². The van der Waals surface area contributed by atoms with Gasteiger partial charge in [0.15, 0.2) is 0 Å². The van der Waals surface area contributed by atoms with Gasteiger partial charge in [0.05, 0.1) is 5.69 Å². The number of likely N-dealkylation sites (tertiary alicyclic amines) is 1. The van der Waals surface area contributed by atoms with Crippen LogP contribution in [0.3, 0.4) is 0 Å². The highest BCUT2D eigenvalue weighted by Gasteiger charge is 2.27. The summed E-state index contributed by atoms with van der Waals surface area (Å²) in [5.74, 6) is 0.461. The zero-order valence-electron chi connectivity index (χ0n) is 14.7. The molecule has 0 radical (unpaired) electrons. The van der Waals surface area contributed by atoms with E-state index in [1.54, 1.807) is 0 Å². The van der Waals surface area contributed by atoms with E-state index in [9.17, 15) is 4.79 Å². The third kappa shape index (κ3) is 5.82. The van der Waals surface area contributed by atoms with Gasteiger partial charge in [-0.05, 0) is 58.6 Å². The lowest BCUT2D eigenvalue weighted by molar-refractivity contribution is 0.0165. The molecule has 2 rings (SSSR count). The standard InChI is InChI=1S/C18H29N3O2/c1-14(16-9-5-6-10-19-16)20-12-15-8-7-11-21(13-15)17(22)23-18(2,3)4/h5-6,9-10,14-15,20H,7-8,11-13H2,1-4H3/t14-,15+/m1/s1. The van der Waals surface area contributed by atoms with Crippen molar-refractivity contribution in [3.63, 3.8) is 0 Å². The number of hydrogen-bond donors (Lipinski definition) is 1. The summed E-state index contributed by atoms with van der Waals surface area (Å²) in [6.45, 7) is 10.3. The van der Waals surface area contributed by atoms with Gasteiger partial charge in [0.2, 0.25) is 0 Å². The van der Waals surface area contributed by atoms with Crippen LogP contribution in [-0.2, 0) is 4.74 Å². The first-order valence-corrected chi connectivity index (χ1v) is 8.47. The highest BCUT2D eigenvalue weighted by atomic mass is 16.6. The minimum atomic E-state index is -0.435. The minimum absolute atomic E-state index is 0.194. The summed E-state index contributed by atoms with van der Waals surface area (Å²) in [4.78, 5) is 18.4. The number of aromatic nitrogens is 1. The summed E-state index contributed by atoms with van der Waals surface area (Å²) in [6, 6.07) is 6.18. The predicted octanol–water partition coefficient (Wildman–Crippen LogP) is 3.38. The summed E-state index contributed by atoms with van der Waals surface area (Å²) < 4.78 is 5.48. The van der Waals surface area contributed by atoms with Gasteiger partial charge in [-0.1, -0.05) is 6.07 Å². The van der Waals surface area contributed by atoms with Crippen LogP contribution < -0.4 is 5.32 Å². The Bertz CT molecular complexity index is 499. The van der Waals surface area contributed by atoms with Gasteiger partial charge in [-0.3, -0.25) is 4.98 Å². The average molecular weight is 319 g/mol. The molecule has 1 aromatic rings. The van der Waals surface area contributed by atoms with Crippen molar-refractivity contribution < 1.29 is 9.53 Å². The maximum Gasteiger partial charge on any atom is 0.410 e. The Morgan fingerprint density at radius 2 is 2.26 bits per heavy atom. The van der Waals surface area contributed by atoms with Crippen LogP contribution in [0.25, 0.3) is 0 Å². The molecule has 1 N–H and O–H groups in total. The third-order valence-corrected chi connectivity index (χ3v) is 4.01. The van der Waals surface area contributed by atoms with E-state index in [1.165, 1.54) is 0 Å². The average Bonchev–Trinajstić information content (AvgIpc) is 2.52. The topological polar surface area (TPSA) is 54.5 Å². The number of piperidine rings is 1. The van der Waals surface area contributed by atoms with Crippen molar-refractivity contribution >= 4 is 6.09 Å². The first kappa shape index (κ1) is 17.7. The van der Waals surface area contributed by atoms with Gasteiger partial charge >= 0.3 is 6.09 Å². The molecule has 0 aliphatic carbocycles. The molecular weight excluding hydrogens is 290 g/mol. The van der Waals surface area contributed by atoms with E-state index < -0.39 is 5.60 Å². The molecule has 0 unspecified atom stereocenters. The molecule has 128 valence electrons. The smallest absolute Gasteiger partial charge is 0.410 e. The summed E-state index contributed by atoms with van der Waals surface area (Å²) in [6.07, 6.45) is 3.79. The molecule has 0 aromatic carbocycles. The monoisotopic (exact) mass is 319 g/mol. The summed E-state index contributed by atoms with van der Waals surface area (Å²) in [5, 5.41) is 3.54. The number of carbonyl (C=O) groups excluding carboxylic acids is 1. The lowest BCUT2D eigenvalue weighted by Gasteiger charge is -2.34. The van der Waals surface area contributed by atoms with E-state index >= 15 is 0 Å². The lowest BCUT2D eigenvalue weighted by atomic mass is 9.98. The number of amides is 1. The van der Waals surface area contributed by atoms with Gasteiger partial charge in [0.1, 0.15) is 5.60 Å². The van der Waals surface area contributed by atoms with Crippen molar-refractivity contribution in [1.29, 1.82) is 0 Å². The molecule has 23 heavy (non-hydrogen) atoms. The van der Waals surface area contributed by atoms with E-state index in [4.69, 9.17) is 4.74 Å². The van der Waals surface area contributed by atoms with Gasteiger partial charge in [0.25, 0.3) is 0 Å². The van der Waals surface area contributed by atoms with Crippen LogP contribution in [0.2, 0.25) is 0 Å². The Morgan fingerprint density at radius 3 is 2.91 bits per heavy atom. The fourth-order valence-corrected chi connectivity index (χ4v) is 2.80.